The Morgan fingerprint density at radius 2 is 2.07 bits per heavy atom. The van der Waals surface area contributed by atoms with Gasteiger partial charge in [0.1, 0.15) is 19.8 Å². The lowest BCUT2D eigenvalue weighted by atomic mass is 10.1. The smallest absolute Gasteiger partial charge is 0.238 e. The van der Waals surface area contributed by atoms with Crippen LogP contribution in [-0.2, 0) is 0 Å². The summed E-state index contributed by atoms with van der Waals surface area (Å²) in [5, 5.41) is 9.35. The summed E-state index contributed by atoms with van der Waals surface area (Å²) in [5.41, 5.74) is 0.00287. The number of halogens is 1. The average molecular weight is 210 g/mol. The number of hydrogen-bond donors (Lipinski definition) is 1. The molecule has 0 saturated heterocycles. The maximum atomic E-state index is 13.4. The van der Waals surface area contributed by atoms with Crippen LogP contribution in [-0.4, -0.2) is 41.9 Å². The first-order valence-corrected chi connectivity index (χ1v) is 4.50. The maximum absolute atomic E-state index is 13.4. The van der Waals surface area contributed by atoms with Gasteiger partial charge in [0.15, 0.2) is 6.21 Å². The van der Waals surface area contributed by atoms with E-state index < -0.39 is 12.0 Å². The first-order valence-electron chi connectivity index (χ1n) is 4.50. The lowest BCUT2D eigenvalue weighted by molar-refractivity contribution is -0.461. The largest absolute Gasteiger partial charge is 0.507 e. The molecule has 0 heterocycles. The molecule has 0 saturated carbocycles. The van der Waals surface area contributed by atoms with E-state index in [9.17, 15) is 14.3 Å². The van der Waals surface area contributed by atoms with E-state index in [1.54, 1.807) is 26.2 Å². The zero-order chi connectivity index (χ0) is 11.4. The molecule has 1 N–H and O–H groups in total. The molecule has 0 spiro atoms. The number of carbonyl (C=O) groups excluding carboxylic acids is 1. The van der Waals surface area contributed by atoms with Gasteiger partial charge < -0.3 is 5.11 Å². The number of phenols is 1. The molecule has 80 valence electrons. The lowest BCUT2D eigenvalue weighted by Gasteiger charge is -2.03. The van der Waals surface area contributed by atoms with Crippen LogP contribution in [0.4, 0.5) is 4.39 Å². The van der Waals surface area contributed by atoms with Crippen LogP contribution in [0.5, 0.6) is 5.75 Å². The number of phenolic OH excluding ortho intramolecular Hbond substituents is 1. The average Bonchev–Trinajstić information content (AvgIpc) is 2.16. The summed E-state index contributed by atoms with van der Waals surface area (Å²) < 4.78 is 14.8. The topological polar surface area (TPSA) is 40.3 Å². The zero-order valence-electron chi connectivity index (χ0n) is 8.64. The van der Waals surface area contributed by atoms with Crippen LogP contribution in [0.1, 0.15) is 10.4 Å². The van der Waals surface area contributed by atoms with Crippen molar-refractivity contribution in [2.45, 2.75) is 6.17 Å². The first-order chi connectivity index (χ1) is 7.02. The van der Waals surface area contributed by atoms with E-state index in [0.29, 0.717) is 0 Å². The number of nitrogens with zero attached hydrogens (tertiary/aromatic N) is 1. The van der Waals surface area contributed by atoms with Crippen molar-refractivity contribution in [2.75, 3.05) is 14.1 Å². The summed E-state index contributed by atoms with van der Waals surface area (Å²) in [6.07, 6.45) is -0.581. The Balaban J connectivity index is 2.95. The van der Waals surface area contributed by atoms with Gasteiger partial charge in [0.2, 0.25) is 12.0 Å². The second kappa shape index (κ2) is 4.68. The number of carbonyl (C=O) groups is 1. The number of rotatable bonds is 3. The second-order valence-electron chi connectivity index (χ2n) is 3.40. The van der Waals surface area contributed by atoms with Crippen LogP contribution in [0.2, 0.25) is 0 Å². The molecule has 1 aromatic rings. The third-order valence-electron chi connectivity index (χ3n) is 1.85. The van der Waals surface area contributed by atoms with Gasteiger partial charge in [-0.2, -0.15) is 0 Å². The minimum atomic E-state index is -1.73. The van der Waals surface area contributed by atoms with Crippen molar-refractivity contribution < 1.29 is 18.9 Å². The summed E-state index contributed by atoms with van der Waals surface area (Å²) in [5.74, 6) is -0.931. The molecule has 1 rings (SSSR count). The minimum absolute atomic E-state index is 0.00287. The highest BCUT2D eigenvalue weighted by Gasteiger charge is 2.22. The van der Waals surface area contributed by atoms with Gasteiger partial charge in [-0.15, -0.1) is 0 Å². The monoisotopic (exact) mass is 210 g/mol. The van der Waals surface area contributed by atoms with Crippen molar-refractivity contribution in [3.8, 4) is 5.75 Å². The second-order valence-corrected chi connectivity index (χ2v) is 3.40. The fourth-order valence-corrected chi connectivity index (χ4v) is 1.16. The predicted octanol–water partition coefficient (Wildman–Crippen LogP) is 1.26. The molecule has 0 bridgehead atoms. The highest BCUT2D eigenvalue weighted by Crippen LogP contribution is 2.17. The highest BCUT2D eigenvalue weighted by atomic mass is 19.1. The van der Waals surface area contributed by atoms with E-state index in [0.717, 1.165) is 6.21 Å². The van der Waals surface area contributed by atoms with Gasteiger partial charge in [0.05, 0.1) is 5.56 Å². The van der Waals surface area contributed by atoms with E-state index in [-0.39, 0.29) is 11.3 Å². The van der Waals surface area contributed by atoms with Crippen molar-refractivity contribution in [2.24, 2.45) is 0 Å². The minimum Gasteiger partial charge on any atom is -0.507 e. The highest BCUT2D eigenvalue weighted by molar-refractivity contribution is 6.09. The van der Waals surface area contributed by atoms with Gasteiger partial charge in [-0.05, 0) is 12.1 Å². The molecule has 1 aromatic carbocycles. The van der Waals surface area contributed by atoms with E-state index in [2.05, 4.69) is 0 Å². The third-order valence-corrected chi connectivity index (χ3v) is 1.85. The molecule has 0 amide bonds. The van der Waals surface area contributed by atoms with Crippen LogP contribution in [0.15, 0.2) is 24.3 Å². The van der Waals surface area contributed by atoms with Crippen LogP contribution < -0.4 is 0 Å². The quantitative estimate of drug-likeness (QED) is 0.463. The van der Waals surface area contributed by atoms with Gasteiger partial charge in [-0.3, -0.25) is 4.79 Å². The van der Waals surface area contributed by atoms with Crippen molar-refractivity contribution in [3.63, 3.8) is 0 Å². The summed E-state index contributed by atoms with van der Waals surface area (Å²) in [6, 6.07) is 5.91. The van der Waals surface area contributed by atoms with Gasteiger partial charge >= 0.3 is 0 Å². The fourth-order valence-electron chi connectivity index (χ4n) is 1.16. The number of aromatic hydroxyl groups is 1. The van der Waals surface area contributed by atoms with Crippen LogP contribution >= 0.6 is 0 Å². The Hall–Kier alpha value is -1.71. The van der Waals surface area contributed by atoms with Gasteiger partial charge in [0, 0.05) is 0 Å². The van der Waals surface area contributed by atoms with Gasteiger partial charge in [-0.25, -0.2) is 8.97 Å². The molecule has 1 atom stereocenters. The number of para-hydroxylation sites is 1. The van der Waals surface area contributed by atoms with Crippen molar-refractivity contribution in [1.29, 1.82) is 0 Å². The molecule has 15 heavy (non-hydrogen) atoms. The van der Waals surface area contributed by atoms with Gasteiger partial charge in [-0.1, -0.05) is 12.1 Å². The van der Waals surface area contributed by atoms with E-state index in [4.69, 9.17) is 0 Å². The molecule has 3 nitrogen and oxygen atoms in total. The Bertz CT molecular complexity index is 397. The molecule has 0 aliphatic carbocycles. The summed E-state index contributed by atoms with van der Waals surface area (Å²) in [7, 11) is 3.26. The molecule has 0 aliphatic heterocycles. The molecule has 0 fully saturated rings. The number of hydrogen-bond acceptors (Lipinski definition) is 2. The molecular weight excluding hydrogens is 197 g/mol. The molecule has 0 aromatic heterocycles. The third kappa shape index (κ3) is 2.87. The van der Waals surface area contributed by atoms with Gasteiger partial charge in [0.25, 0.3) is 0 Å². The number of ketones is 1. The van der Waals surface area contributed by atoms with Crippen LogP contribution in [0, 0.1) is 0 Å². The summed E-state index contributed by atoms with van der Waals surface area (Å²) in [6.45, 7) is 0. The Kier molecular flexibility index (Phi) is 3.55. The molecule has 1 unspecified atom stereocenters. The van der Waals surface area contributed by atoms with E-state index >= 15 is 0 Å². The van der Waals surface area contributed by atoms with E-state index in [1.807, 2.05) is 0 Å². The zero-order valence-corrected chi connectivity index (χ0v) is 8.64. The fraction of sp³-hybridized carbons (Fsp3) is 0.273. The normalized spacial score (nSPS) is 11.9. The first kappa shape index (κ1) is 11.4. The molecular formula is C11H13FNO2+. The SMILES string of the molecule is C[N+](C)=CC(F)C(=O)c1ccccc1O. The Morgan fingerprint density at radius 3 is 2.60 bits per heavy atom. The number of benzene rings is 1. The molecule has 0 radical (unpaired) electrons. The van der Waals surface area contributed by atoms with Crippen molar-refractivity contribution in [3.05, 3.63) is 29.8 Å². The van der Waals surface area contributed by atoms with Crippen molar-refractivity contribution in [1.82, 2.24) is 0 Å². The summed E-state index contributed by atoms with van der Waals surface area (Å²) in [4.78, 5) is 11.5. The molecule has 4 heteroatoms. The number of alkyl halides is 1. The predicted molar refractivity (Wildman–Crippen MR) is 55.5 cm³/mol. The van der Waals surface area contributed by atoms with Crippen molar-refractivity contribution >= 4 is 12.0 Å². The lowest BCUT2D eigenvalue weighted by Crippen LogP contribution is -2.21. The van der Waals surface area contributed by atoms with Crippen LogP contribution in [0.25, 0.3) is 0 Å². The standard InChI is InChI=1S/C11H12FNO2/c1-13(2)7-9(12)11(15)8-5-3-4-6-10(8)14/h3-7,9H,1-2H3/p+1. The van der Waals surface area contributed by atoms with Crippen LogP contribution in [0.3, 0.4) is 0 Å². The molecule has 0 aliphatic rings. The Labute approximate surface area is 87.5 Å². The maximum Gasteiger partial charge on any atom is 0.238 e. The summed E-state index contributed by atoms with van der Waals surface area (Å²) >= 11 is 0. The number of Topliss-reactive ketones (excluding diaryl/α,β-unsaturated/α-hetero) is 1. The Morgan fingerprint density at radius 1 is 1.47 bits per heavy atom. The van der Waals surface area contributed by atoms with E-state index in [1.165, 1.54) is 16.7 Å².